The van der Waals surface area contributed by atoms with Crippen molar-refractivity contribution in [1.82, 2.24) is 14.2 Å². The van der Waals surface area contributed by atoms with Gasteiger partial charge in [0.2, 0.25) is 22.7 Å². The first-order valence-corrected chi connectivity index (χ1v) is 13.1. The summed E-state index contributed by atoms with van der Waals surface area (Å²) in [5.41, 5.74) is 1.99. The summed E-state index contributed by atoms with van der Waals surface area (Å²) < 4.78 is 46.0. The molecule has 1 N–H and O–H groups in total. The zero-order chi connectivity index (χ0) is 25.3. The van der Waals surface area contributed by atoms with E-state index in [4.69, 9.17) is 14.2 Å². The Labute approximate surface area is 205 Å². The SMILES string of the molecule is CCOC(=O)c1c(S(=O)(=O)N2CCC(C(=O)NCc3ccc4c(c3)OCO4)CC2)c(C)n(C)c1C. The van der Waals surface area contributed by atoms with Crippen molar-refractivity contribution in [3.63, 3.8) is 0 Å². The molecule has 1 saturated heterocycles. The number of rotatable bonds is 7. The summed E-state index contributed by atoms with van der Waals surface area (Å²) >= 11 is 0. The van der Waals surface area contributed by atoms with Crippen molar-refractivity contribution in [3.8, 4) is 11.5 Å². The molecule has 0 saturated carbocycles. The Balaban J connectivity index is 1.41. The number of hydrogen-bond donors (Lipinski definition) is 1. The fourth-order valence-corrected chi connectivity index (χ4v) is 6.50. The lowest BCUT2D eigenvalue weighted by Gasteiger charge is -2.30. The van der Waals surface area contributed by atoms with Crippen LogP contribution in [0.1, 0.15) is 47.1 Å². The molecule has 0 spiro atoms. The molecule has 1 aromatic carbocycles. The first kappa shape index (κ1) is 25.1. The summed E-state index contributed by atoms with van der Waals surface area (Å²) in [6.07, 6.45) is 0.789. The molecule has 2 aliphatic heterocycles. The number of ether oxygens (including phenoxy) is 3. The van der Waals surface area contributed by atoms with Crippen molar-refractivity contribution >= 4 is 21.9 Å². The number of hydrogen-bond acceptors (Lipinski definition) is 7. The number of carbonyl (C=O) groups is 2. The van der Waals surface area contributed by atoms with Crippen molar-refractivity contribution in [2.24, 2.45) is 13.0 Å². The van der Waals surface area contributed by atoms with Crippen molar-refractivity contribution in [3.05, 3.63) is 40.7 Å². The minimum Gasteiger partial charge on any atom is -0.462 e. The molecule has 0 bridgehead atoms. The highest BCUT2D eigenvalue weighted by atomic mass is 32.2. The Morgan fingerprint density at radius 3 is 2.49 bits per heavy atom. The van der Waals surface area contributed by atoms with Gasteiger partial charge in [-0.15, -0.1) is 0 Å². The number of sulfonamides is 1. The van der Waals surface area contributed by atoms with Crippen LogP contribution in [-0.2, 0) is 33.1 Å². The first-order valence-electron chi connectivity index (χ1n) is 11.6. The summed E-state index contributed by atoms with van der Waals surface area (Å²) in [7, 11) is -2.22. The van der Waals surface area contributed by atoms with E-state index in [9.17, 15) is 18.0 Å². The molecule has 1 aromatic heterocycles. The van der Waals surface area contributed by atoms with Crippen LogP contribution in [0.4, 0.5) is 0 Å². The molecule has 1 fully saturated rings. The molecule has 0 radical (unpaired) electrons. The number of nitrogens with zero attached hydrogens (tertiary/aromatic N) is 2. The maximum Gasteiger partial charge on any atom is 0.341 e. The zero-order valence-electron chi connectivity index (χ0n) is 20.4. The van der Waals surface area contributed by atoms with Gasteiger partial charge in [0.25, 0.3) is 0 Å². The molecule has 3 heterocycles. The predicted octanol–water partition coefficient (Wildman–Crippen LogP) is 2.26. The van der Waals surface area contributed by atoms with E-state index < -0.39 is 16.0 Å². The topological polar surface area (TPSA) is 116 Å². The molecule has 1 amide bonds. The standard InChI is InChI=1S/C24H31N3O7S/c1-5-32-24(29)21-15(2)26(4)16(3)22(21)35(30,31)27-10-8-18(9-11-27)23(28)25-13-17-6-7-19-20(12-17)34-14-33-19/h6-7,12,18H,5,8-11,13-14H2,1-4H3,(H,25,28). The van der Waals surface area contributed by atoms with Gasteiger partial charge in [-0.2, -0.15) is 4.31 Å². The van der Waals surface area contributed by atoms with Crippen molar-refractivity contribution in [1.29, 1.82) is 0 Å². The lowest BCUT2D eigenvalue weighted by molar-refractivity contribution is -0.126. The number of benzene rings is 1. The molecular formula is C24H31N3O7S. The lowest BCUT2D eigenvalue weighted by atomic mass is 9.97. The van der Waals surface area contributed by atoms with Gasteiger partial charge >= 0.3 is 5.97 Å². The van der Waals surface area contributed by atoms with Gasteiger partial charge in [0, 0.05) is 44.0 Å². The molecule has 35 heavy (non-hydrogen) atoms. The van der Waals surface area contributed by atoms with Crippen LogP contribution in [0.3, 0.4) is 0 Å². The number of fused-ring (bicyclic) bond motifs is 1. The van der Waals surface area contributed by atoms with E-state index in [1.807, 2.05) is 18.2 Å². The molecule has 0 atom stereocenters. The third-order valence-electron chi connectivity index (χ3n) is 6.73. The number of amides is 1. The lowest BCUT2D eigenvalue weighted by Crippen LogP contribution is -2.43. The van der Waals surface area contributed by atoms with Crippen molar-refractivity contribution in [2.45, 2.75) is 45.1 Å². The molecule has 2 aliphatic rings. The van der Waals surface area contributed by atoms with Crippen LogP contribution in [0.15, 0.2) is 23.1 Å². The van der Waals surface area contributed by atoms with E-state index in [0.29, 0.717) is 42.3 Å². The first-order chi connectivity index (χ1) is 16.6. The van der Waals surface area contributed by atoms with E-state index in [1.54, 1.807) is 32.4 Å². The van der Waals surface area contributed by atoms with Crippen LogP contribution in [0, 0.1) is 19.8 Å². The average molecular weight is 506 g/mol. The average Bonchev–Trinajstić information content (AvgIpc) is 3.40. The summed E-state index contributed by atoms with van der Waals surface area (Å²) in [6.45, 7) is 6.14. The Bertz CT molecular complexity index is 1240. The van der Waals surface area contributed by atoms with Gasteiger partial charge in [0.1, 0.15) is 10.5 Å². The summed E-state index contributed by atoms with van der Waals surface area (Å²) in [6, 6.07) is 5.52. The van der Waals surface area contributed by atoms with E-state index in [-0.39, 0.29) is 48.8 Å². The van der Waals surface area contributed by atoms with Gasteiger partial charge in [-0.1, -0.05) is 6.07 Å². The van der Waals surface area contributed by atoms with Crippen LogP contribution >= 0.6 is 0 Å². The van der Waals surface area contributed by atoms with E-state index >= 15 is 0 Å². The summed E-state index contributed by atoms with van der Waals surface area (Å²) in [4.78, 5) is 25.3. The van der Waals surface area contributed by atoms with Gasteiger partial charge in [-0.05, 0) is 51.3 Å². The van der Waals surface area contributed by atoms with Crippen LogP contribution in [-0.4, -0.2) is 55.7 Å². The largest absolute Gasteiger partial charge is 0.462 e. The van der Waals surface area contributed by atoms with Gasteiger partial charge in [-0.25, -0.2) is 13.2 Å². The second-order valence-electron chi connectivity index (χ2n) is 8.74. The maximum atomic E-state index is 13.6. The van der Waals surface area contributed by atoms with Gasteiger partial charge in [0.15, 0.2) is 11.5 Å². The third-order valence-corrected chi connectivity index (χ3v) is 8.79. The number of carbonyl (C=O) groups excluding carboxylic acids is 2. The van der Waals surface area contributed by atoms with Crippen LogP contribution in [0.25, 0.3) is 0 Å². The second-order valence-corrected chi connectivity index (χ2v) is 10.6. The van der Waals surface area contributed by atoms with E-state index in [0.717, 1.165) is 5.56 Å². The van der Waals surface area contributed by atoms with Gasteiger partial charge < -0.3 is 24.1 Å². The Hall–Kier alpha value is -3.05. The third kappa shape index (κ3) is 4.74. The highest BCUT2D eigenvalue weighted by molar-refractivity contribution is 7.89. The molecule has 190 valence electrons. The molecular weight excluding hydrogens is 474 g/mol. The van der Waals surface area contributed by atoms with Crippen LogP contribution < -0.4 is 14.8 Å². The molecule has 10 nitrogen and oxygen atoms in total. The highest BCUT2D eigenvalue weighted by Crippen LogP contribution is 2.33. The quantitative estimate of drug-likeness (QED) is 0.574. The summed E-state index contributed by atoms with van der Waals surface area (Å²) in [5.74, 6) is 0.287. The van der Waals surface area contributed by atoms with E-state index in [2.05, 4.69) is 5.32 Å². The number of esters is 1. The number of aromatic nitrogens is 1. The minimum absolute atomic E-state index is 0.0124. The molecule has 11 heteroatoms. The maximum absolute atomic E-state index is 13.6. The van der Waals surface area contributed by atoms with Crippen molar-refractivity contribution < 1.29 is 32.2 Å². The predicted molar refractivity (Wildman–Crippen MR) is 127 cm³/mol. The number of nitrogens with one attached hydrogen (secondary N) is 1. The Morgan fingerprint density at radius 2 is 1.80 bits per heavy atom. The second kappa shape index (κ2) is 9.90. The fraction of sp³-hybridized carbons (Fsp3) is 0.500. The van der Waals surface area contributed by atoms with Crippen LogP contribution in [0.5, 0.6) is 11.5 Å². The van der Waals surface area contributed by atoms with Crippen LogP contribution in [0.2, 0.25) is 0 Å². The zero-order valence-corrected chi connectivity index (χ0v) is 21.2. The smallest absolute Gasteiger partial charge is 0.341 e. The molecule has 0 unspecified atom stereocenters. The minimum atomic E-state index is -3.94. The van der Waals surface area contributed by atoms with Crippen molar-refractivity contribution in [2.75, 3.05) is 26.5 Å². The molecule has 2 aromatic rings. The van der Waals surface area contributed by atoms with E-state index in [1.165, 1.54) is 4.31 Å². The molecule has 0 aliphatic carbocycles. The van der Waals surface area contributed by atoms with Gasteiger partial charge in [0.05, 0.1) is 6.61 Å². The monoisotopic (exact) mass is 505 g/mol. The Kier molecular flexibility index (Phi) is 7.09. The summed E-state index contributed by atoms with van der Waals surface area (Å²) in [5, 5.41) is 2.94. The normalized spacial score (nSPS) is 16.3. The Morgan fingerprint density at radius 1 is 1.11 bits per heavy atom. The van der Waals surface area contributed by atoms with Gasteiger partial charge in [-0.3, -0.25) is 4.79 Å². The fourth-order valence-electron chi connectivity index (χ4n) is 4.55. The highest BCUT2D eigenvalue weighted by Gasteiger charge is 2.38. The number of piperidine rings is 1. The molecule has 4 rings (SSSR count).